The zero-order chi connectivity index (χ0) is 21.9. The third kappa shape index (κ3) is 8.35. The van der Waals surface area contributed by atoms with Gasteiger partial charge < -0.3 is 16.2 Å². The van der Waals surface area contributed by atoms with Gasteiger partial charge in [0.05, 0.1) is 0 Å². The molecule has 2 atom stereocenters. The molecule has 0 saturated heterocycles. The molecule has 1 heterocycles. The number of carboxylic acids is 1. The van der Waals surface area contributed by atoms with Crippen LogP contribution < -0.4 is 11.1 Å². The van der Waals surface area contributed by atoms with Crippen LogP contribution in [0.3, 0.4) is 0 Å². The van der Waals surface area contributed by atoms with E-state index in [4.69, 9.17) is 10.8 Å². The highest BCUT2D eigenvalue weighted by atomic mass is 16.4. The van der Waals surface area contributed by atoms with Gasteiger partial charge in [0.2, 0.25) is 0 Å². The van der Waals surface area contributed by atoms with Gasteiger partial charge in [0.1, 0.15) is 5.69 Å². The van der Waals surface area contributed by atoms with Crippen molar-refractivity contribution >= 4 is 5.97 Å². The van der Waals surface area contributed by atoms with E-state index in [-0.39, 0.29) is 11.2 Å². The molecule has 5 heteroatoms. The van der Waals surface area contributed by atoms with Gasteiger partial charge in [0.25, 0.3) is 0 Å². The summed E-state index contributed by atoms with van der Waals surface area (Å²) in [7, 11) is 0. The number of fused-ring (bicyclic) bond motifs is 2. The standard InChI is InChI=1S/C18H36N2.C7H7NO2/c1-2-3-4-5-6-7-8-9-15-20-18-12-10-11-17(19,16-18)13-14-18;1-5-3-2-4-6(8-5)7(9)10/h20H,2-16,19H2,1H3;2-4H,1H3,(H,9,10)/t17-,18+;/m0./s1. The number of unbranched alkanes of at least 4 members (excludes halogenated alkanes) is 7. The molecule has 3 rings (SSSR count). The molecule has 0 amide bonds. The fourth-order valence-corrected chi connectivity index (χ4v) is 5.06. The van der Waals surface area contributed by atoms with Gasteiger partial charge in [0, 0.05) is 16.8 Å². The lowest BCUT2D eigenvalue weighted by Crippen LogP contribution is -2.50. The van der Waals surface area contributed by atoms with Crippen molar-refractivity contribution in [2.24, 2.45) is 5.73 Å². The predicted molar refractivity (Wildman–Crippen MR) is 124 cm³/mol. The van der Waals surface area contributed by atoms with Crippen molar-refractivity contribution in [2.45, 2.75) is 115 Å². The van der Waals surface area contributed by atoms with Crippen LogP contribution in [0.5, 0.6) is 0 Å². The Morgan fingerprint density at radius 1 is 1.07 bits per heavy atom. The topological polar surface area (TPSA) is 88.2 Å². The SMILES string of the molecule is CCCCCCCCCCN[C@]12CCC[C@](N)(CC1)C2.Cc1cccc(C(=O)O)n1. The van der Waals surface area contributed by atoms with E-state index in [9.17, 15) is 4.79 Å². The Morgan fingerprint density at radius 3 is 2.40 bits per heavy atom. The van der Waals surface area contributed by atoms with E-state index in [2.05, 4.69) is 17.2 Å². The van der Waals surface area contributed by atoms with Crippen molar-refractivity contribution in [3.8, 4) is 0 Å². The van der Waals surface area contributed by atoms with Crippen LogP contribution in [0.15, 0.2) is 18.2 Å². The smallest absolute Gasteiger partial charge is 0.354 e. The average molecular weight is 418 g/mol. The summed E-state index contributed by atoms with van der Waals surface area (Å²) in [4.78, 5) is 14.1. The zero-order valence-corrected chi connectivity index (χ0v) is 19.2. The van der Waals surface area contributed by atoms with Gasteiger partial charge in [-0.2, -0.15) is 0 Å². The van der Waals surface area contributed by atoms with Crippen molar-refractivity contribution in [1.29, 1.82) is 0 Å². The van der Waals surface area contributed by atoms with Gasteiger partial charge >= 0.3 is 5.97 Å². The molecule has 2 saturated carbocycles. The summed E-state index contributed by atoms with van der Waals surface area (Å²) >= 11 is 0. The maximum atomic E-state index is 10.3. The van der Waals surface area contributed by atoms with Gasteiger partial charge in [-0.15, -0.1) is 0 Å². The van der Waals surface area contributed by atoms with Crippen LogP contribution >= 0.6 is 0 Å². The number of nitrogens with zero attached hydrogens (tertiary/aromatic N) is 1. The highest BCUT2D eigenvalue weighted by Crippen LogP contribution is 2.46. The second-order valence-electron chi connectivity index (χ2n) is 9.54. The largest absolute Gasteiger partial charge is 0.477 e. The maximum absolute atomic E-state index is 10.3. The van der Waals surface area contributed by atoms with E-state index in [1.54, 1.807) is 19.1 Å². The number of pyridine rings is 1. The monoisotopic (exact) mass is 417 g/mol. The fourth-order valence-electron chi connectivity index (χ4n) is 5.06. The number of carboxylic acid groups (broad SMARTS) is 1. The number of aryl methyl sites for hydroxylation is 1. The minimum Gasteiger partial charge on any atom is -0.477 e. The Kier molecular flexibility index (Phi) is 10.3. The van der Waals surface area contributed by atoms with Crippen LogP contribution in [0.25, 0.3) is 0 Å². The van der Waals surface area contributed by atoms with Gasteiger partial charge in [-0.3, -0.25) is 0 Å². The molecule has 1 aromatic rings. The summed E-state index contributed by atoms with van der Waals surface area (Å²) in [5.74, 6) is -0.983. The molecule has 0 aromatic carbocycles. The number of rotatable bonds is 11. The number of nitrogens with one attached hydrogen (secondary N) is 1. The van der Waals surface area contributed by atoms with E-state index >= 15 is 0 Å². The number of carbonyl (C=O) groups is 1. The molecule has 0 unspecified atom stereocenters. The van der Waals surface area contributed by atoms with Crippen molar-refractivity contribution in [1.82, 2.24) is 10.3 Å². The van der Waals surface area contributed by atoms with Crippen LogP contribution in [0, 0.1) is 6.92 Å². The summed E-state index contributed by atoms with van der Waals surface area (Å²) < 4.78 is 0. The van der Waals surface area contributed by atoms with E-state index in [1.165, 1.54) is 103 Å². The molecule has 2 aliphatic rings. The fraction of sp³-hybridized carbons (Fsp3) is 0.760. The quantitative estimate of drug-likeness (QED) is 0.407. The Hall–Kier alpha value is -1.46. The van der Waals surface area contributed by atoms with Gasteiger partial charge in [-0.25, -0.2) is 9.78 Å². The third-order valence-corrected chi connectivity index (χ3v) is 6.76. The Labute approximate surface area is 183 Å². The van der Waals surface area contributed by atoms with Crippen molar-refractivity contribution < 1.29 is 9.90 Å². The molecule has 30 heavy (non-hydrogen) atoms. The van der Waals surface area contributed by atoms with Crippen LogP contribution in [0.2, 0.25) is 0 Å². The first-order valence-electron chi connectivity index (χ1n) is 12.1. The van der Waals surface area contributed by atoms with Crippen LogP contribution in [0.4, 0.5) is 0 Å². The van der Waals surface area contributed by atoms with Crippen LogP contribution in [-0.2, 0) is 0 Å². The first-order valence-corrected chi connectivity index (χ1v) is 12.1. The summed E-state index contributed by atoms with van der Waals surface area (Å²) in [5, 5.41) is 12.3. The predicted octanol–water partition coefficient (Wildman–Crippen LogP) is 5.61. The molecule has 2 aliphatic carbocycles. The van der Waals surface area contributed by atoms with Crippen molar-refractivity contribution in [3.05, 3.63) is 29.6 Å². The molecule has 1 aromatic heterocycles. The van der Waals surface area contributed by atoms with Gasteiger partial charge in [-0.1, -0.05) is 57.9 Å². The normalized spacial score (nSPS) is 24.9. The van der Waals surface area contributed by atoms with E-state index in [0.29, 0.717) is 5.54 Å². The van der Waals surface area contributed by atoms with E-state index in [1.807, 2.05) is 0 Å². The number of hydrogen-bond acceptors (Lipinski definition) is 4. The molecule has 0 aliphatic heterocycles. The summed E-state index contributed by atoms with van der Waals surface area (Å²) in [5.41, 5.74) is 7.88. The second kappa shape index (κ2) is 12.4. The van der Waals surface area contributed by atoms with Crippen LogP contribution in [0.1, 0.15) is 113 Å². The number of aromatic nitrogens is 1. The van der Waals surface area contributed by atoms with Crippen LogP contribution in [-0.4, -0.2) is 33.7 Å². The third-order valence-electron chi connectivity index (χ3n) is 6.76. The lowest BCUT2D eigenvalue weighted by atomic mass is 9.79. The molecular weight excluding hydrogens is 374 g/mol. The minimum atomic E-state index is -0.983. The lowest BCUT2D eigenvalue weighted by Gasteiger charge is -2.38. The number of hydrogen-bond donors (Lipinski definition) is 3. The Balaban J connectivity index is 0.000000269. The van der Waals surface area contributed by atoms with E-state index < -0.39 is 5.97 Å². The highest BCUT2D eigenvalue weighted by Gasteiger charge is 2.48. The molecule has 0 spiro atoms. The molecular formula is C25H43N3O2. The Bertz CT molecular complexity index is 651. The molecule has 5 nitrogen and oxygen atoms in total. The molecule has 4 N–H and O–H groups in total. The number of aromatic carboxylic acids is 1. The van der Waals surface area contributed by atoms with Gasteiger partial charge in [-0.05, 0) is 70.5 Å². The van der Waals surface area contributed by atoms with Crippen molar-refractivity contribution in [2.75, 3.05) is 6.54 Å². The van der Waals surface area contributed by atoms with E-state index in [0.717, 1.165) is 5.69 Å². The summed E-state index contributed by atoms with van der Waals surface area (Å²) in [6.45, 7) is 5.26. The highest BCUT2D eigenvalue weighted by molar-refractivity contribution is 5.85. The molecule has 2 bridgehead atoms. The minimum absolute atomic E-state index is 0.0972. The van der Waals surface area contributed by atoms with Crippen molar-refractivity contribution in [3.63, 3.8) is 0 Å². The summed E-state index contributed by atoms with van der Waals surface area (Å²) in [6.07, 6.45) is 19.1. The summed E-state index contributed by atoms with van der Waals surface area (Å²) in [6, 6.07) is 4.90. The average Bonchev–Trinajstić information content (AvgIpc) is 2.95. The first kappa shape index (κ1) is 24.8. The first-order chi connectivity index (χ1) is 14.4. The molecule has 0 radical (unpaired) electrons. The molecule has 170 valence electrons. The lowest BCUT2D eigenvalue weighted by molar-refractivity contribution is 0.0690. The second-order valence-corrected chi connectivity index (χ2v) is 9.54. The van der Waals surface area contributed by atoms with Gasteiger partial charge in [0.15, 0.2) is 0 Å². The Morgan fingerprint density at radius 2 is 1.77 bits per heavy atom. The molecule has 2 fully saturated rings. The zero-order valence-electron chi connectivity index (χ0n) is 19.2. The number of nitrogens with two attached hydrogens (primary N) is 1. The maximum Gasteiger partial charge on any atom is 0.354 e.